The second-order valence-corrected chi connectivity index (χ2v) is 6.89. The number of para-hydroxylation sites is 1. The first-order chi connectivity index (χ1) is 15.1. The lowest BCUT2D eigenvalue weighted by Gasteiger charge is -2.09. The summed E-state index contributed by atoms with van der Waals surface area (Å²) in [5.74, 6) is -0.603. The van der Waals surface area contributed by atoms with Crippen molar-refractivity contribution in [3.63, 3.8) is 0 Å². The minimum Gasteiger partial charge on any atom is -0.452 e. The Kier molecular flexibility index (Phi) is 5.84. The van der Waals surface area contributed by atoms with Crippen molar-refractivity contribution in [1.29, 1.82) is 0 Å². The van der Waals surface area contributed by atoms with Crippen molar-refractivity contribution in [3.8, 4) is 16.9 Å². The zero-order valence-electron chi connectivity index (χ0n) is 16.9. The normalized spacial score (nSPS) is 10.5. The number of carbonyl (C=O) groups is 2. The van der Waals surface area contributed by atoms with Crippen LogP contribution in [0.15, 0.2) is 85.2 Å². The number of esters is 1. The smallest absolute Gasteiger partial charge is 0.340 e. The van der Waals surface area contributed by atoms with Crippen LogP contribution < -0.4 is 5.32 Å². The van der Waals surface area contributed by atoms with Crippen LogP contribution in [0, 0.1) is 6.92 Å². The number of pyridine rings is 1. The highest BCUT2D eigenvalue weighted by Gasteiger charge is 2.15. The fourth-order valence-corrected chi connectivity index (χ4v) is 2.98. The molecule has 4 aromatic rings. The summed E-state index contributed by atoms with van der Waals surface area (Å²) in [5.41, 5.74) is 3.87. The van der Waals surface area contributed by atoms with Crippen LogP contribution in [0.4, 0.5) is 5.82 Å². The van der Waals surface area contributed by atoms with Crippen LogP contribution in [-0.4, -0.2) is 33.2 Å². The SMILES string of the molecule is Cc1ccc(-c2cc(NC(=O)COC(=O)c3cccnc3)n(-c3ccccc3)n2)cc1. The number of hydrogen-bond acceptors (Lipinski definition) is 5. The zero-order valence-corrected chi connectivity index (χ0v) is 16.9. The third-order valence-corrected chi connectivity index (χ3v) is 4.56. The number of benzene rings is 2. The molecule has 0 aliphatic heterocycles. The van der Waals surface area contributed by atoms with Crippen LogP contribution in [0.2, 0.25) is 0 Å². The van der Waals surface area contributed by atoms with E-state index in [2.05, 4.69) is 15.4 Å². The summed E-state index contributed by atoms with van der Waals surface area (Å²) in [4.78, 5) is 28.4. The molecule has 0 spiro atoms. The Bertz CT molecular complexity index is 1190. The van der Waals surface area contributed by atoms with Gasteiger partial charge in [0.1, 0.15) is 5.82 Å². The monoisotopic (exact) mass is 412 g/mol. The lowest BCUT2D eigenvalue weighted by Crippen LogP contribution is -2.22. The van der Waals surface area contributed by atoms with E-state index >= 15 is 0 Å². The second-order valence-electron chi connectivity index (χ2n) is 6.89. The molecule has 0 fully saturated rings. The van der Waals surface area contributed by atoms with Gasteiger partial charge in [0, 0.05) is 24.0 Å². The Morgan fingerprint density at radius 2 is 1.77 bits per heavy atom. The highest BCUT2D eigenvalue weighted by atomic mass is 16.5. The van der Waals surface area contributed by atoms with Gasteiger partial charge in [0.05, 0.1) is 16.9 Å². The largest absolute Gasteiger partial charge is 0.452 e. The van der Waals surface area contributed by atoms with Crippen molar-refractivity contribution in [2.75, 3.05) is 11.9 Å². The maximum atomic E-state index is 12.5. The molecule has 0 unspecified atom stereocenters. The Balaban J connectivity index is 1.54. The fourth-order valence-electron chi connectivity index (χ4n) is 2.98. The molecule has 2 aromatic heterocycles. The molecule has 31 heavy (non-hydrogen) atoms. The van der Waals surface area contributed by atoms with E-state index in [0.29, 0.717) is 11.5 Å². The minimum atomic E-state index is -0.611. The lowest BCUT2D eigenvalue weighted by atomic mass is 10.1. The van der Waals surface area contributed by atoms with Gasteiger partial charge in [-0.2, -0.15) is 5.10 Å². The maximum Gasteiger partial charge on any atom is 0.340 e. The summed E-state index contributed by atoms with van der Waals surface area (Å²) in [6.45, 7) is 1.60. The molecule has 7 nitrogen and oxygen atoms in total. The van der Waals surface area contributed by atoms with Gasteiger partial charge in [-0.25, -0.2) is 9.48 Å². The van der Waals surface area contributed by atoms with Crippen LogP contribution in [-0.2, 0) is 9.53 Å². The molecule has 0 saturated heterocycles. The Morgan fingerprint density at radius 3 is 2.48 bits per heavy atom. The molecular weight excluding hydrogens is 392 g/mol. The van der Waals surface area contributed by atoms with E-state index < -0.39 is 18.5 Å². The second kappa shape index (κ2) is 9.04. The van der Waals surface area contributed by atoms with Crippen LogP contribution in [0.1, 0.15) is 15.9 Å². The molecule has 4 rings (SSSR count). The highest BCUT2D eigenvalue weighted by Crippen LogP contribution is 2.25. The van der Waals surface area contributed by atoms with E-state index in [0.717, 1.165) is 16.8 Å². The van der Waals surface area contributed by atoms with Gasteiger partial charge in [-0.05, 0) is 31.2 Å². The lowest BCUT2D eigenvalue weighted by molar-refractivity contribution is -0.119. The van der Waals surface area contributed by atoms with Crippen LogP contribution in [0.25, 0.3) is 16.9 Å². The summed E-state index contributed by atoms with van der Waals surface area (Å²) >= 11 is 0. The van der Waals surface area contributed by atoms with Gasteiger partial charge in [-0.15, -0.1) is 0 Å². The molecular formula is C24H20N4O3. The number of aryl methyl sites for hydroxylation is 1. The number of hydrogen-bond donors (Lipinski definition) is 1. The average molecular weight is 412 g/mol. The highest BCUT2D eigenvalue weighted by molar-refractivity contribution is 5.95. The number of carbonyl (C=O) groups excluding carboxylic acids is 2. The van der Waals surface area contributed by atoms with Gasteiger partial charge in [0.25, 0.3) is 5.91 Å². The molecule has 0 atom stereocenters. The molecule has 1 N–H and O–H groups in total. The third kappa shape index (κ3) is 4.84. The van der Waals surface area contributed by atoms with E-state index in [4.69, 9.17) is 4.74 Å². The van der Waals surface area contributed by atoms with Gasteiger partial charge in [0.15, 0.2) is 6.61 Å². The van der Waals surface area contributed by atoms with Crippen molar-refractivity contribution in [2.24, 2.45) is 0 Å². The van der Waals surface area contributed by atoms with Crippen molar-refractivity contribution < 1.29 is 14.3 Å². The average Bonchev–Trinajstić information content (AvgIpc) is 3.22. The van der Waals surface area contributed by atoms with Gasteiger partial charge >= 0.3 is 5.97 Å². The van der Waals surface area contributed by atoms with Crippen molar-refractivity contribution >= 4 is 17.7 Å². The van der Waals surface area contributed by atoms with E-state index in [1.807, 2.05) is 61.5 Å². The Labute approximate surface area is 179 Å². The van der Waals surface area contributed by atoms with Gasteiger partial charge in [-0.1, -0.05) is 48.0 Å². The standard InChI is InChI=1S/C24H20N4O3/c1-17-9-11-18(12-10-17)21-14-22(28(27-21)20-7-3-2-4-8-20)26-23(29)16-31-24(30)19-6-5-13-25-15-19/h2-15H,16H2,1H3,(H,26,29). The van der Waals surface area contributed by atoms with Crippen molar-refractivity contribution in [2.45, 2.75) is 6.92 Å². The first kappa shape index (κ1) is 20.0. The molecule has 154 valence electrons. The fraction of sp³-hybridized carbons (Fsp3) is 0.0833. The molecule has 2 aromatic carbocycles. The number of aromatic nitrogens is 3. The molecule has 1 amide bonds. The zero-order chi connectivity index (χ0) is 21.6. The summed E-state index contributed by atoms with van der Waals surface area (Å²) in [5, 5.41) is 7.45. The molecule has 0 aliphatic rings. The molecule has 0 aliphatic carbocycles. The number of anilines is 1. The van der Waals surface area contributed by atoms with Crippen molar-refractivity contribution in [3.05, 3.63) is 96.3 Å². The predicted octanol–water partition coefficient (Wildman–Crippen LogP) is 4.04. The Morgan fingerprint density at radius 1 is 1.00 bits per heavy atom. The van der Waals surface area contributed by atoms with E-state index in [-0.39, 0.29) is 5.56 Å². The van der Waals surface area contributed by atoms with E-state index in [1.165, 1.54) is 6.20 Å². The third-order valence-electron chi connectivity index (χ3n) is 4.56. The quantitative estimate of drug-likeness (QED) is 0.483. The predicted molar refractivity (Wildman–Crippen MR) is 117 cm³/mol. The van der Waals surface area contributed by atoms with E-state index in [1.54, 1.807) is 29.1 Å². The summed E-state index contributed by atoms with van der Waals surface area (Å²) in [6, 6.07) is 22.4. The maximum absolute atomic E-state index is 12.5. The summed E-state index contributed by atoms with van der Waals surface area (Å²) in [6.07, 6.45) is 2.94. The summed E-state index contributed by atoms with van der Waals surface area (Å²) < 4.78 is 6.74. The molecule has 0 saturated carbocycles. The first-order valence-electron chi connectivity index (χ1n) is 9.70. The number of nitrogens with one attached hydrogen (secondary N) is 1. The molecule has 0 radical (unpaired) electrons. The van der Waals surface area contributed by atoms with Gasteiger partial charge < -0.3 is 10.1 Å². The van der Waals surface area contributed by atoms with Gasteiger partial charge in [-0.3, -0.25) is 9.78 Å². The number of rotatable bonds is 6. The van der Waals surface area contributed by atoms with E-state index in [9.17, 15) is 9.59 Å². The number of amides is 1. The molecule has 7 heteroatoms. The Hall–Kier alpha value is -4.26. The van der Waals surface area contributed by atoms with Crippen LogP contribution >= 0.6 is 0 Å². The minimum absolute atomic E-state index is 0.284. The topological polar surface area (TPSA) is 86.1 Å². The number of nitrogens with zero attached hydrogens (tertiary/aromatic N) is 3. The van der Waals surface area contributed by atoms with Crippen molar-refractivity contribution in [1.82, 2.24) is 14.8 Å². The van der Waals surface area contributed by atoms with Gasteiger partial charge in [0.2, 0.25) is 0 Å². The van der Waals surface area contributed by atoms with Crippen LogP contribution in [0.5, 0.6) is 0 Å². The number of ether oxygens (including phenoxy) is 1. The van der Waals surface area contributed by atoms with Crippen LogP contribution in [0.3, 0.4) is 0 Å². The summed E-state index contributed by atoms with van der Waals surface area (Å²) in [7, 11) is 0. The molecule has 2 heterocycles. The molecule has 0 bridgehead atoms. The first-order valence-corrected chi connectivity index (χ1v) is 9.70.